The molecule has 0 bridgehead atoms. The van der Waals surface area contributed by atoms with E-state index in [9.17, 15) is 25.0 Å². The van der Waals surface area contributed by atoms with E-state index in [0.717, 1.165) is 23.9 Å². The summed E-state index contributed by atoms with van der Waals surface area (Å²) in [6.45, 7) is 0.388. The number of nitro benzene ring substituents is 2. The highest BCUT2D eigenvalue weighted by molar-refractivity contribution is 6.04. The van der Waals surface area contributed by atoms with E-state index in [2.05, 4.69) is 15.4 Å². The highest BCUT2D eigenvalue weighted by Gasteiger charge is 2.20. The van der Waals surface area contributed by atoms with E-state index in [4.69, 9.17) is 0 Å². The van der Waals surface area contributed by atoms with E-state index in [-0.39, 0.29) is 11.4 Å². The number of carbonyl (C=O) groups excluding carboxylic acids is 1. The van der Waals surface area contributed by atoms with Crippen LogP contribution in [0.1, 0.15) is 16.1 Å². The van der Waals surface area contributed by atoms with Crippen LogP contribution in [0.2, 0.25) is 0 Å². The lowest BCUT2D eigenvalue weighted by atomic mass is 10.1. The molecule has 0 unspecified atom stereocenters. The second kappa shape index (κ2) is 7.39. The lowest BCUT2D eigenvalue weighted by molar-refractivity contribution is -0.394. The number of pyridine rings is 1. The zero-order valence-electron chi connectivity index (χ0n) is 13.7. The molecule has 11 nitrogen and oxygen atoms in total. The van der Waals surface area contributed by atoms with Crippen molar-refractivity contribution >= 4 is 23.1 Å². The van der Waals surface area contributed by atoms with E-state index < -0.39 is 27.1 Å². The molecule has 0 spiro atoms. The third-order valence-corrected chi connectivity index (χ3v) is 3.52. The molecule has 3 aromatic rings. The van der Waals surface area contributed by atoms with Crippen LogP contribution in [0, 0.1) is 20.2 Å². The van der Waals surface area contributed by atoms with Crippen LogP contribution in [0.25, 0.3) is 0 Å². The minimum atomic E-state index is -0.800. The lowest BCUT2D eigenvalue weighted by Crippen LogP contribution is -2.13. The van der Waals surface area contributed by atoms with Crippen molar-refractivity contribution in [2.24, 2.45) is 0 Å². The van der Waals surface area contributed by atoms with E-state index in [1.165, 1.54) is 6.07 Å². The largest absolute Gasteiger partial charge is 0.305 e. The molecule has 2 heterocycles. The highest BCUT2D eigenvalue weighted by Crippen LogP contribution is 2.23. The number of nitrogens with one attached hydrogen (secondary N) is 1. The normalized spacial score (nSPS) is 10.4. The van der Waals surface area contributed by atoms with Crippen molar-refractivity contribution in [2.75, 3.05) is 5.32 Å². The average Bonchev–Trinajstić information content (AvgIpc) is 3.08. The van der Waals surface area contributed by atoms with Crippen LogP contribution in [0.4, 0.5) is 17.2 Å². The first-order valence-corrected chi connectivity index (χ1v) is 7.61. The summed E-state index contributed by atoms with van der Waals surface area (Å²) in [5, 5.41) is 28.5. The Hall–Kier alpha value is -4.15. The Morgan fingerprint density at radius 1 is 1.07 bits per heavy atom. The molecular weight excluding hydrogens is 356 g/mol. The van der Waals surface area contributed by atoms with Gasteiger partial charge in [0.1, 0.15) is 0 Å². The second-order valence-electron chi connectivity index (χ2n) is 5.43. The molecule has 0 atom stereocenters. The number of hydrogen-bond donors (Lipinski definition) is 1. The number of non-ortho nitro benzene ring substituents is 2. The van der Waals surface area contributed by atoms with E-state index in [1.54, 1.807) is 23.1 Å². The molecule has 0 aliphatic carbocycles. The Morgan fingerprint density at radius 2 is 1.78 bits per heavy atom. The maximum absolute atomic E-state index is 12.3. The summed E-state index contributed by atoms with van der Waals surface area (Å²) in [5.41, 5.74) is -0.534. The van der Waals surface area contributed by atoms with Gasteiger partial charge in [0.05, 0.1) is 33.7 Å². The fraction of sp³-hybridized carbons (Fsp3) is 0.0625. The van der Waals surface area contributed by atoms with Gasteiger partial charge in [0.2, 0.25) is 0 Å². The molecule has 1 aromatic carbocycles. The van der Waals surface area contributed by atoms with Gasteiger partial charge in [-0.15, -0.1) is 0 Å². The minimum Gasteiger partial charge on any atom is -0.305 e. The summed E-state index contributed by atoms with van der Waals surface area (Å²) >= 11 is 0. The molecule has 0 radical (unpaired) electrons. The summed E-state index contributed by atoms with van der Waals surface area (Å²) in [6, 6.07) is 9.70. The first kappa shape index (κ1) is 17.7. The molecule has 1 N–H and O–H groups in total. The molecule has 0 aliphatic heterocycles. The summed E-state index contributed by atoms with van der Waals surface area (Å²) in [4.78, 5) is 36.7. The van der Waals surface area contributed by atoms with Crippen molar-refractivity contribution < 1.29 is 14.6 Å². The number of carbonyl (C=O) groups is 1. The highest BCUT2D eigenvalue weighted by atomic mass is 16.6. The number of amides is 1. The van der Waals surface area contributed by atoms with Gasteiger partial charge in [-0.05, 0) is 12.1 Å². The smallest absolute Gasteiger partial charge is 0.277 e. The Kier molecular flexibility index (Phi) is 4.84. The van der Waals surface area contributed by atoms with Crippen LogP contribution in [0.3, 0.4) is 0 Å². The van der Waals surface area contributed by atoms with Crippen molar-refractivity contribution in [1.29, 1.82) is 0 Å². The molecule has 1 amide bonds. The number of hydrogen-bond acceptors (Lipinski definition) is 7. The predicted octanol–water partition coefficient (Wildman–Crippen LogP) is 2.40. The maximum atomic E-state index is 12.3. The quantitative estimate of drug-likeness (QED) is 0.519. The standard InChI is InChI=1S/C16H12N6O5/c23-16(11-7-13(21(24)25)9-14(8-11)22(26)27)18-15-4-6-20(19-15)10-12-3-1-2-5-17-12/h1-9H,10H2,(H,18,19,23). The van der Waals surface area contributed by atoms with Crippen molar-refractivity contribution in [2.45, 2.75) is 6.54 Å². The fourth-order valence-electron chi connectivity index (χ4n) is 2.30. The van der Waals surface area contributed by atoms with Crippen molar-refractivity contribution in [1.82, 2.24) is 14.8 Å². The van der Waals surface area contributed by atoms with Crippen molar-refractivity contribution in [3.63, 3.8) is 0 Å². The third-order valence-electron chi connectivity index (χ3n) is 3.52. The van der Waals surface area contributed by atoms with Crippen LogP contribution in [-0.2, 0) is 6.54 Å². The predicted molar refractivity (Wildman–Crippen MR) is 93.3 cm³/mol. The summed E-state index contributed by atoms with van der Waals surface area (Å²) < 4.78 is 1.55. The number of rotatable bonds is 6. The third kappa shape index (κ3) is 4.28. The minimum absolute atomic E-state index is 0.199. The zero-order valence-corrected chi connectivity index (χ0v) is 13.7. The number of aromatic nitrogens is 3. The van der Waals surface area contributed by atoms with Gasteiger partial charge in [0.25, 0.3) is 17.3 Å². The van der Waals surface area contributed by atoms with Gasteiger partial charge in [0, 0.05) is 30.6 Å². The van der Waals surface area contributed by atoms with E-state index in [0.29, 0.717) is 6.54 Å². The van der Waals surface area contributed by atoms with Gasteiger partial charge < -0.3 is 5.32 Å². The van der Waals surface area contributed by atoms with Crippen LogP contribution >= 0.6 is 0 Å². The Morgan fingerprint density at radius 3 is 2.37 bits per heavy atom. The maximum Gasteiger partial charge on any atom is 0.277 e. The molecule has 0 aliphatic rings. The molecule has 2 aromatic heterocycles. The van der Waals surface area contributed by atoms with Crippen LogP contribution in [0.15, 0.2) is 54.9 Å². The Balaban J connectivity index is 1.77. The number of nitrogens with zero attached hydrogens (tertiary/aromatic N) is 5. The van der Waals surface area contributed by atoms with Gasteiger partial charge in [-0.1, -0.05) is 6.07 Å². The van der Waals surface area contributed by atoms with Crippen molar-refractivity contribution in [3.05, 3.63) is 86.3 Å². The topological polar surface area (TPSA) is 146 Å². The number of benzene rings is 1. The number of anilines is 1. The molecule has 136 valence electrons. The summed E-state index contributed by atoms with van der Waals surface area (Å²) in [7, 11) is 0. The van der Waals surface area contributed by atoms with Gasteiger partial charge >= 0.3 is 0 Å². The molecule has 11 heteroatoms. The van der Waals surface area contributed by atoms with Gasteiger partial charge in [-0.2, -0.15) is 5.10 Å². The fourth-order valence-corrected chi connectivity index (χ4v) is 2.30. The monoisotopic (exact) mass is 368 g/mol. The zero-order chi connectivity index (χ0) is 19.4. The van der Waals surface area contributed by atoms with Crippen LogP contribution in [0.5, 0.6) is 0 Å². The molecule has 0 fully saturated rings. The lowest BCUT2D eigenvalue weighted by Gasteiger charge is -2.03. The Bertz CT molecular complexity index is 985. The molecule has 27 heavy (non-hydrogen) atoms. The first-order valence-electron chi connectivity index (χ1n) is 7.61. The van der Waals surface area contributed by atoms with E-state index in [1.807, 2.05) is 12.1 Å². The van der Waals surface area contributed by atoms with Gasteiger partial charge in [0.15, 0.2) is 5.82 Å². The summed E-state index contributed by atoms with van der Waals surface area (Å²) in [5.74, 6) is -0.546. The second-order valence-corrected chi connectivity index (χ2v) is 5.43. The molecular formula is C16H12N6O5. The average molecular weight is 368 g/mol. The first-order chi connectivity index (χ1) is 12.9. The van der Waals surface area contributed by atoms with Crippen LogP contribution in [-0.4, -0.2) is 30.5 Å². The van der Waals surface area contributed by atoms with Gasteiger partial charge in [-0.3, -0.25) is 34.7 Å². The van der Waals surface area contributed by atoms with E-state index >= 15 is 0 Å². The Labute approximate surface area is 151 Å². The van der Waals surface area contributed by atoms with Crippen LogP contribution < -0.4 is 5.32 Å². The van der Waals surface area contributed by atoms with Gasteiger partial charge in [-0.25, -0.2) is 0 Å². The SMILES string of the molecule is O=C(Nc1ccn(Cc2ccccn2)n1)c1cc([N+](=O)[O-])cc([N+](=O)[O-])c1. The number of nitro groups is 2. The van der Waals surface area contributed by atoms with Crippen molar-refractivity contribution in [3.8, 4) is 0 Å². The molecule has 0 saturated heterocycles. The molecule has 3 rings (SSSR count). The summed E-state index contributed by atoms with van der Waals surface area (Å²) in [6.07, 6.45) is 3.27. The molecule has 0 saturated carbocycles.